The quantitative estimate of drug-likeness (QED) is 0.815. The van der Waals surface area contributed by atoms with E-state index in [-0.39, 0.29) is 17.8 Å². The molecule has 19 heavy (non-hydrogen) atoms. The Morgan fingerprint density at radius 3 is 2.26 bits per heavy atom. The summed E-state index contributed by atoms with van der Waals surface area (Å²) in [6.45, 7) is 0. The zero-order valence-corrected chi connectivity index (χ0v) is 10.4. The first-order chi connectivity index (χ1) is 8.86. The maximum absolute atomic E-state index is 12.5. The summed E-state index contributed by atoms with van der Waals surface area (Å²) < 4.78 is 43.1. The first-order valence-electron chi connectivity index (χ1n) is 6.25. The fraction of sp³-hybridized carbons (Fsp3) is 0.538. The Morgan fingerprint density at radius 2 is 1.74 bits per heavy atom. The van der Waals surface area contributed by atoms with Gasteiger partial charge in [0.2, 0.25) is 0 Å². The molecular weight excluding hydrogens is 257 g/mol. The molecular formula is C13H17F3N2O. The summed E-state index contributed by atoms with van der Waals surface area (Å²) in [5, 5.41) is 0. The van der Waals surface area contributed by atoms with Gasteiger partial charge in [-0.15, -0.1) is 0 Å². The number of hydrogen-bond donors (Lipinski definition) is 2. The number of anilines is 1. The third-order valence-electron chi connectivity index (χ3n) is 3.35. The molecule has 0 heterocycles. The number of ether oxygens (including phenoxy) is 1. The molecule has 1 saturated carbocycles. The highest BCUT2D eigenvalue weighted by atomic mass is 19.4. The zero-order valence-electron chi connectivity index (χ0n) is 10.4. The van der Waals surface area contributed by atoms with Crippen molar-refractivity contribution in [3.05, 3.63) is 23.8 Å². The molecule has 0 spiro atoms. The Hall–Kier alpha value is -1.43. The van der Waals surface area contributed by atoms with Gasteiger partial charge in [0.15, 0.2) is 0 Å². The number of benzene rings is 1. The van der Waals surface area contributed by atoms with Gasteiger partial charge in [0.25, 0.3) is 0 Å². The molecule has 1 fully saturated rings. The Kier molecular flexibility index (Phi) is 3.89. The van der Waals surface area contributed by atoms with Crippen LogP contribution in [0.25, 0.3) is 0 Å². The molecule has 0 radical (unpaired) electrons. The summed E-state index contributed by atoms with van der Waals surface area (Å²) in [7, 11) is 0. The second kappa shape index (κ2) is 5.28. The van der Waals surface area contributed by atoms with Gasteiger partial charge in [-0.05, 0) is 43.9 Å². The van der Waals surface area contributed by atoms with E-state index in [0.717, 1.165) is 37.8 Å². The van der Waals surface area contributed by atoms with Crippen molar-refractivity contribution in [2.24, 2.45) is 5.73 Å². The number of nitrogens with two attached hydrogens (primary N) is 2. The van der Waals surface area contributed by atoms with Gasteiger partial charge < -0.3 is 16.2 Å². The maximum Gasteiger partial charge on any atom is 0.416 e. The Bertz CT molecular complexity index is 440. The lowest BCUT2D eigenvalue weighted by molar-refractivity contribution is -0.137. The third-order valence-corrected chi connectivity index (χ3v) is 3.35. The standard InChI is InChI=1S/C13H17F3N2O/c14-13(15,16)8-1-6-12(11(18)7-8)19-10-4-2-9(17)3-5-10/h1,6-7,9-10H,2-5,17-18H2. The highest BCUT2D eigenvalue weighted by Crippen LogP contribution is 2.34. The van der Waals surface area contributed by atoms with Crippen LogP contribution in [0.4, 0.5) is 18.9 Å². The van der Waals surface area contributed by atoms with Crippen LogP contribution < -0.4 is 16.2 Å². The van der Waals surface area contributed by atoms with Crippen LogP contribution in [0.5, 0.6) is 5.75 Å². The molecule has 0 aliphatic heterocycles. The molecule has 2 rings (SSSR count). The van der Waals surface area contributed by atoms with Crippen LogP contribution >= 0.6 is 0 Å². The molecule has 0 amide bonds. The monoisotopic (exact) mass is 274 g/mol. The minimum Gasteiger partial charge on any atom is -0.488 e. The minimum absolute atomic E-state index is 0.0150. The van der Waals surface area contributed by atoms with Gasteiger partial charge in [-0.2, -0.15) is 13.2 Å². The van der Waals surface area contributed by atoms with E-state index < -0.39 is 11.7 Å². The molecule has 0 aromatic heterocycles. The van der Waals surface area contributed by atoms with Gasteiger partial charge in [-0.25, -0.2) is 0 Å². The topological polar surface area (TPSA) is 61.3 Å². The van der Waals surface area contributed by atoms with Gasteiger partial charge in [0, 0.05) is 6.04 Å². The van der Waals surface area contributed by atoms with Gasteiger partial charge in [-0.1, -0.05) is 0 Å². The van der Waals surface area contributed by atoms with E-state index >= 15 is 0 Å². The molecule has 1 aliphatic carbocycles. The Labute approximate surface area is 109 Å². The highest BCUT2D eigenvalue weighted by molar-refractivity contribution is 5.54. The second-order valence-electron chi connectivity index (χ2n) is 4.91. The summed E-state index contributed by atoms with van der Waals surface area (Å²) in [5.41, 5.74) is 10.7. The molecule has 1 aliphatic rings. The number of rotatable bonds is 2. The van der Waals surface area contributed by atoms with E-state index in [1.807, 2.05) is 0 Å². The van der Waals surface area contributed by atoms with Crippen molar-refractivity contribution in [2.75, 3.05) is 5.73 Å². The second-order valence-corrected chi connectivity index (χ2v) is 4.91. The van der Waals surface area contributed by atoms with Crippen molar-refractivity contribution in [2.45, 2.75) is 44.0 Å². The van der Waals surface area contributed by atoms with Gasteiger partial charge in [0.1, 0.15) is 5.75 Å². The fourth-order valence-electron chi connectivity index (χ4n) is 2.22. The van der Waals surface area contributed by atoms with Crippen LogP contribution in [0.15, 0.2) is 18.2 Å². The highest BCUT2D eigenvalue weighted by Gasteiger charge is 2.31. The molecule has 0 saturated heterocycles. The summed E-state index contributed by atoms with van der Waals surface area (Å²) >= 11 is 0. The molecule has 0 atom stereocenters. The van der Waals surface area contributed by atoms with Crippen LogP contribution in [0.2, 0.25) is 0 Å². The van der Waals surface area contributed by atoms with E-state index in [1.165, 1.54) is 6.07 Å². The molecule has 6 heteroatoms. The third kappa shape index (κ3) is 3.53. The normalized spacial score (nSPS) is 24.2. The lowest BCUT2D eigenvalue weighted by Crippen LogP contribution is -2.31. The SMILES string of the molecule is Nc1cc(C(F)(F)F)ccc1OC1CCC(N)CC1. The summed E-state index contributed by atoms with van der Waals surface area (Å²) in [6, 6.07) is 3.38. The van der Waals surface area contributed by atoms with Gasteiger partial charge in [0.05, 0.1) is 17.4 Å². The summed E-state index contributed by atoms with van der Waals surface area (Å²) in [6.07, 6.45) is -1.05. The van der Waals surface area contributed by atoms with Crippen molar-refractivity contribution >= 4 is 5.69 Å². The lowest BCUT2D eigenvalue weighted by atomic mass is 9.94. The van der Waals surface area contributed by atoms with Crippen LogP contribution in [0.3, 0.4) is 0 Å². The molecule has 0 unspecified atom stereocenters. The average molecular weight is 274 g/mol. The van der Waals surface area contributed by atoms with E-state index in [2.05, 4.69) is 0 Å². The Morgan fingerprint density at radius 1 is 1.11 bits per heavy atom. The maximum atomic E-state index is 12.5. The van der Waals surface area contributed by atoms with Crippen LogP contribution in [-0.2, 0) is 6.18 Å². The molecule has 1 aromatic carbocycles. The predicted molar refractivity (Wildman–Crippen MR) is 66.7 cm³/mol. The minimum atomic E-state index is -4.38. The molecule has 1 aromatic rings. The molecule has 3 nitrogen and oxygen atoms in total. The number of hydrogen-bond acceptors (Lipinski definition) is 3. The van der Waals surface area contributed by atoms with Crippen LogP contribution in [0, 0.1) is 0 Å². The van der Waals surface area contributed by atoms with Crippen molar-refractivity contribution in [1.82, 2.24) is 0 Å². The van der Waals surface area contributed by atoms with E-state index in [1.54, 1.807) is 0 Å². The summed E-state index contributed by atoms with van der Waals surface area (Å²) in [5.74, 6) is 0.313. The van der Waals surface area contributed by atoms with Gasteiger partial charge in [-0.3, -0.25) is 0 Å². The lowest BCUT2D eigenvalue weighted by Gasteiger charge is -2.27. The number of alkyl halides is 3. The largest absolute Gasteiger partial charge is 0.488 e. The van der Waals surface area contributed by atoms with E-state index in [0.29, 0.717) is 5.75 Å². The Balaban J connectivity index is 2.05. The number of halogens is 3. The smallest absolute Gasteiger partial charge is 0.416 e. The first kappa shape index (κ1) is 14.0. The van der Waals surface area contributed by atoms with E-state index in [9.17, 15) is 13.2 Å². The van der Waals surface area contributed by atoms with Crippen molar-refractivity contribution in [3.63, 3.8) is 0 Å². The van der Waals surface area contributed by atoms with Crippen molar-refractivity contribution in [1.29, 1.82) is 0 Å². The van der Waals surface area contributed by atoms with Crippen LogP contribution in [0.1, 0.15) is 31.2 Å². The fourth-order valence-corrected chi connectivity index (χ4v) is 2.22. The first-order valence-corrected chi connectivity index (χ1v) is 6.25. The summed E-state index contributed by atoms with van der Waals surface area (Å²) in [4.78, 5) is 0. The molecule has 106 valence electrons. The molecule has 4 N–H and O–H groups in total. The predicted octanol–water partition coefficient (Wildman–Crippen LogP) is 2.94. The number of nitrogen functional groups attached to an aromatic ring is 1. The van der Waals surface area contributed by atoms with E-state index in [4.69, 9.17) is 16.2 Å². The average Bonchev–Trinajstić information content (AvgIpc) is 2.33. The van der Waals surface area contributed by atoms with Crippen molar-refractivity contribution in [3.8, 4) is 5.75 Å². The van der Waals surface area contributed by atoms with Gasteiger partial charge >= 0.3 is 6.18 Å². The zero-order chi connectivity index (χ0) is 14.0. The van der Waals surface area contributed by atoms with Crippen LogP contribution in [-0.4, -0.2) is 12.1 Å². The molecule has 0 bridgehead atoms. The van der Waals surface area contributed by atoms with Crippen molar-refractivity contribution < 1.29 is 17.9 Å².